The van der Waals surface area contributed by atoms with Gasteiger partial charge in [0.1, 0.15) is 13.9 Å². The van der Waals surface area contributed by atoms with Crippen molar-refractivity contribution in [3.05, 3.63) is 58.7 Å². The van der Waals surface area contributed by atoms with Crippen LogP contribution < -0.4 is 0 Å². The highest BCUT2D eigenvalue weighted by atomic mass is 16.5. The number of hydrogen-bond acceptors (Lipinski definition) is 2. The van der Waals surface area contributed by atoms with Crippen LogP contribution in [0.3, 0.4) is 0 Å². The Hall–Kier alpha value is -1.19. The van der Waals surface area contributed by atoms with Crippen LogP contribution >= 0.6 is 0 Å². The summed E-state index contributed by atoms with van der Waals surface area (Å²) in [6, 6.07) is 0. The summed E-state index contributed by atoms with van der Waals surface area (Å²) >= 11 is 0. The lowest BCUT2D eigenvalue weighted by atomic mass is 9.11. The molecule has 0 spiro atoms. The Morgan fingerprint density at radius 1 is 0.947 bits per heavy atom. The quantitative estimate of drug-likeness (QED) is 0.104. The van der Waals surface area contributed by atoms with Gasteiger partial charge in [-0.05, 0) is 85.5 Å². The normalized spacial score (nSPS) is 12.6. The molecule has 38 heavy (non-hydrogen) atoms. The van der Waals surface area contributed by atoms with Gasteiger partial charge in [-0.1, -0.05) is 105 Å². The molecule has 0 aromatic rings. The molecule has 0 aromatic heterocycles. The van der Waals surface area contributed by atoms with Crippen molar-refractivity contribution in [3.8, 4) is 0 Å². The minimum absolute atomic E-state index is 0.227. The van der Waals surface area contributed by atoms with Crippen LogP contribution in [0.4, 0.5) is 0 Å². The van der Waals surface area contributed by atoms with E-state index in [4.69, 9.17) is 4.74 Å². The molecule has 0 heterocycles. The maximum atomic E-state index is 10.8. The molecule has 0 bridgehead atoms. The highest BCUT2D eigenvalue weighted by Crippen LogP contribution is 2.22. The molecular formula is C33H60B3O2. The fourth-order valence-corrected chi connectivity index (χ4v) is 4.27. The van der Waals surface area contributed by atoms with Gasteiger partial charge in [0.2, 0.25) is 0 Å². The van der Waals surface area contributed by atoms with Gasteiger partial charge in [-0.25, -0.2) is 0 Å². The Balaban J connectivity index is 0.00000198. The van der Waals surface area contributed by atoms with E-state index in [2.05, 4.69) is 99.1 Å². The van der Waals surface area contributed by atoms with Gasteiger partial charge >= 0.3 is 0 Å². The van der Waals surface area contributed by atoms with Gasteiger partial charge in [-0.3, -0.25) is 0 Å². The van der Waals surface area contributed by atoms with Crippen molar-refractivity contribution in [3.63, 3.8) is 0 Å². The molecule has 2 nitrogen and oxygen atoms in total. The van der Waals surface area contributed by atoms with Crippen LogP contribution in [0.15, 0.2) is 58.7 Å². The molecule has 1 rings (SSSR count). The average molecular weight is 521 g/mol. The van der Waals surface area contributed by atoms with Gasteiger partial charge in [0.15, 0.2) is 0 Å². The first-order valence-electron chi connectivity index (χ1n) is 15.5. The lowest BCUT2D eigenvalue weighted by Crippen LogP contribution is -2.41. The minimum atomic E-state index is -0.400. The number of rotatable bonds is 19. The largest absolute Gasteiger partial charge is 0.455 e. The van der Waals surface area contributed by atoms with E-state index in [1.54, 1.807) is 5.57 Å². The molecule has 0 fully saturated rings. The maximum Gasteiger partial charge on any atom is 0.276 e. The summed E-state index contributed by atoms with van der Waals surface area (Å²) in [5, 5.41) is 10.8. The summed E-state index contributed by atoms with van der Waals surface area (Å²) in [5.41, 5.74) is 5.90. The van der Waals surface area contributed by atoms with E-state index in [1.807, 2.05) is 0 Å². The topological polar surface area (TPSA) is 29.5 Å². The van der Waals surface area contributed by atoms with Crippen LogP contribution in [0.25, 0.3) is 0 Å². The summed E-state index contributed by atoms with van der Waals surface area (Å²) < 4.78 is 5.78. The second kappa shape index (κ2) is 24.8. The van der Waals surface area contributed by atoms with E-state index < -0.39 is 6.81 Å². The van der Waals surface area contributed by atoms with Gasteiger partial charge in [0.25, 0.3) is 6.81 Å². The Labute approximate surface area is 240 Å². The first-order chi connectivity index (χ1) is 18.2. The molecule has 0 amide bonds. The van der Waals surface area contributed by atoms with E-state index in [-0.39, 0.29) is 6.60 Å². The van der Waals surface area contributed by atoms with E-state index in [0.717, 1.165) is 63.5 Å². The van der Waals surface area contributed by atoms with Crippen molar-refractivity contribution in [2.45, 2.75) is 132 Å². The van der Waals surface area contributed by atoms with Gasteiger partial charge in [0, 0.05) is 13.1 Å². The lowest BCUT2D eigenvalue weighted by molar-refractivity contribution is 0.164. The SMILES string of the molecule is C1=CCC=CC1.CCCCCOCB(O)B(C[B]CC=C(C)C)CC=C(C)CCC(CCC(C)C)=C(C)C. The number of unbranched alkanes of at least 4 members (excludes halogenated alkanes) is 2. The predicted octanol–water partition coefficient (Wildman–Crippen LogP) is 9.73. The van der Waals surface area contributed by atoms with Gasteiger partial charge in [-0.15, -0.1) is 6.22 Å². The van der Waals surface area contributed by atoms with E-state index >= 15 is 0 Å². The number of hydrogen-bond donors (Lipinski definition) is 1. The highest BCUT2D eigenvalue weighted by Gasteiger charge is 2.26. The van der Waals surface area contributed by atoms with Crippen molar-refractivity contribution in [2.75, 3.05) is 13.1 Å². The molecule has 1 radical (unpaired) electrons. The molecule has 1 aliphatic carbocycles. The van der Waals surface area contributed by atoms with E-state index in [1.165, 1.54) is 42.4 Å². The number of ether oxygens (including phenoxy) is 1. The third-order valence-electron chi connectivity index (χ3n) is 7.09. The Morgan fingerprint density at radius 2 is 1.61 bits per heavy atom. The van der Waals surface area contributed by atoms with E-state index in [0.29, 0.717) is 6.51 Å². The standard InChI is InChI=1S/C27H52B3O2.C6H8/c1-9-10-11-20-32-22-30(31)29(21-28-18-16-24(4)5)19-17-26(8)13-15-27(25(6)7)14-12-23(2)3;1-2-4-6-5-3-1/h16-17,23,31H,9-15,18-22H2,1-8H3;1-2,5-6H,3-4H2. The molecule has 0 unspecified atom stereocenters. The third kappa shape index (κ3) is 22.8. The fraction of sp³-hybridized carbons (Fsp3) is 0.697. The van der Waals surface area contributed by atoms with Crippen molar-refractivity contribution in [1.82, 2.24) is 0 Å². The zero-order chi connectivity index (χ0) is 28.6. The first-order valence-corrected chi connectivity index (χ1v) is 15.5. The molecule has 0 saturated carbocycles. The minimum Gasteiger partial charge on any atom is -0.455 e. The Kier molecular flexibility index (Phi) is 24.1. The van der Waals surface area contributed by atoms with Gasteiger partial charge in [-0.2, -0.15) is 0 Å². The molecule has 0 aliphatic heterocycles. The summed E-state index contributed by atoms with van der Waals surface area (Å²) in [5.74, 6) is 0.759. The molecule has 0 saturated heterocycles. The Bertz CT molecular complexity index is 707. The molecule has 0 atom stereocenters. The first kappa shape index (κ1) is 36.8. The second-order valence-electron chi connectivity index (χ2n) is 11.9. The average Bonchev–Trinajstić information content (AvgIpc) is 2.88. The van der Waals surface area contributed by atoms with Gasteiger partial charge in [0.05, 0.1) is 0 Å². The number of allylic oxidation sites excluding steroid dienone is 10. The predicted molar refractivity (Wildman–Crippen MR) is 177 cm³/mol. The molecule has 1 aliphatic rings. The fourth-order valence-electron chi connectivity index (χ4n) is 4.27. The summed E-state index contributed by atoms with van der Waals surface area (Å²) in [7, 11) is 2.31. The smallest absolute Gasteiger partial charge is 0.276 e. The summed E-state index contributed by atoms with van der Waals surface area (Å²) in [6.45, 7) is 18.9. The van der Waals surface area contributed by atoms with Gasteiger partial charge < -0.3 is 9.76 Å². The van der Waals surface area contributed by atoms with Crippen LogP contribution in [-0.4, -0.2) is 38.8 Å². The zero-order valence-electron chi connectivity index (χ0n) is 26.5. The molecule has 5 heteroatoms. The van der Waals surface area contributed by atoms with Crippen molar-refractivity contribution < 1.29 is 9.76 Å². The van der Waals surface area contributed by atoms with Crippen LogP contribution in [0, 0.1) is 5.92 Å². The monoisotopic (exact) mass is 521 g/mol. The maximum absolute atomic E-state index is 10.8. The lowest BCUT2D eigenvalue weighted by Gasteiger charge is -2.17. The Morgan fingerprint density at radius 3 is 2.13 bits per heavy atom. The summed E-state index contributed by atoms with van der Waals surface area (Å²) in [6.07, 6.45) is 26.7. The zero-order valence-corrected chi connectivity index (χ0v) is 26.5. The van der Waals surface area contributed by atoms with Crippen LogP contribution in [0.2, 0.25) is 18.9 Å². The van der Waals surface area contributed by atoms with Crippen molar-refractivity contribution in [2.24, 2.45) is 5.92 Å². The molecular weight excluding hydrogens is 461 g/mol. The van der Waals surface area contributed by atoms with Crippen molar-refractivity contribution >= 4 is 20.7 Å². The molecule has 1 N–H and O–H groups in total. The molecule has 0 aromatic carbocycles. The molecule has 213 valence electrons. The summed E-state index contributed by atoms with van der Waals surface area (Å²) in [4.78, 5) is 0. The van der Waals surface area contributed by atoms with Crippen LogP contribution in [0.5, 0.6) is 0 Å². The second-order valence-corrected chi connectivity index (χ2v) is 11.9. The van der Waals surface area contributed by atoms with Crippen LogP contribution in [0.1, 0.15) is 113 Å². The third-order valence-corrected chi connectivity index (χ3v) is 7.09. The van der Waals surface area contributed by atoms with E-state index in [9.17, 15) is 5.02 Å². The van der Waals surface area contributed by atoms with Crippen LogP contribution in [-0.2, 0) is 4.74 Å². The van der Waals surface area contributed by atoms with Crippen molar-refractivity contribution in [1.29, 1.82) is 0 Å². The highest BCUT2D eigenvalue weighted by molar-refractivity contribution is 7.21.